The lowest BCUT2D eigenvalue weighted by atomic mass is 9.74. The zero-order chi connectivity index (χ0) is 15.4. The molecule has 0 aliphatic rings. The van der Waals surface area contributed by atoms with Crippen LogP contribution in [-0.4, -0.2) is 5.11 Å². The smallest absolute Gasteiger partial charge is 0.122 e. The highest BCUT2D eigenvalue weighted by atomic mass is 16.3. The van der Waals surface area contributed by atoms with Gasteiger partial charge in [0.25, 0.3) is 0 Å². The molecule has 0 aliphatic carbocycles. The fourth-order valence-corrected chi connectivity index (χ4v) is 2.81. The summed E-state index contributed by atoms with van der Waals surface area (Å²) in [7, 11) is 0. The minimum absolute atomic E-state index is 0.0783. The van der Waals surface area contributed by atoms with Crippen molar-refractivity contribution in [2.24, 2.45) is 5.41 Å². The van der Waals surface area contributed by atoms with Gasteiger partial charge in [0.15, 0.2) is 0 Å². The number of phenolic OH excluding ortho intramolecular Hbond substituents is 1. The predicted molar refractivity (Wildman–Crippen MR) is 88.4 cm³/mol. The standard InChI is InChI=1S/C19H32O/c1-7-18(5,8-2)14-15-12-11-13-16(17(15)20)19(6,9-3)10-4/h11-13,20H,7-10,14H2,1-6H3. The molecule has 0 spiro atoms. The van der Waals surface area contributed by atoms with Gasteiger partial charge in [0.1, 0.15) is 5.75 Å². The van der Waals surface area contributed by atoms with Crippen molar-refractivity contribution in [1.82, 2.24) is 0 Å². The molecule has 0 atom stereocenters. The van der Waals surface area contributed by atoms with Crippen LogP contribution in [0.2, 0.25) is 0 Å². The second-order valence-corrected chi connectivity index (χ2v) is 6.78. The summed E-state index contributed by atoms with van der Waals surface area (Å²) in [5, 5.41) is 10.7. The van der Waals surface area contributed by atoms with Gasteiger partial charge in [0, 0.05) is 5.56 Å². The normalized spacial score (nSPS) is 12.7. The summed E-state index contributed by atoms with van der Waals surface area (Å²) in [6.07, 6.45) is 5.36. The minimum atomic E-state index is 0.0783. The van der Waals surface area contributed by atoms with Crippen molar-refractivity contribution in [2.45, 2.75) is 79.1 Å². The van der Waals surface area contributed by atoms with Crippen LogP contribution in [0.1, 0.15) is 78.4 Å². The first-order valence-corrected chi connectivity index (χ1v) is 8.17. The van der Waals surface area contributed by atoms with Gasteiger partial charge in [0.2, 0.25) is 0 Å². The van der Waals surface area contributed by atoms with Crippen molar-refractivity contribution in [3.05, 3.63) is 29.3 Å². The molecular weight excluding hydrogens is 244 g/mol. The Kier molecular flexibility index (Phi) is 5.68. The molecule has 114 valence electrons. The van der Waals surface area contributed by atoms with E-state index in [0.29, 0.717) is 5.75 Å². The zero-order valence-corrected chi connectivity index (χ0v) is 14.2. The van der Waals surface area contributed by atoms with E-state index in [9.17, 15) is 5.11 Å². The molecule has 20 heavy (non-hydrogen) atoms. The predicted octanol–water partition coefficient (Wildman–Crippen LogP) is 5.84. The third-order valence-corrected chi connectivity index (χ3v) is 5.65. The summed E-state index contributed by atoms with van der Waals surface area (Å²) in [5.41, 5.74) is 2.59. The zero-order valence-electron chi connectivity index (χ0n) is 14.2. The first-order valence-electron chi connectivity index (χ1n) is 8.17. The number of phenols is 1. The van der Waals surface area contributed by atoms with E-state index in [1.54, 1.807) is 0 Å². The van der Waals surface area contributed by atoms with Gasteiger partial charge < -0.3 is 5.11 Å². The van der Waals surface area contributed by atoms with Crippen LogP contribution < -0.4 is 0 Å². The van der Waals surface area contributed by atoms with Crippen molar-refractivity contribution in [3.8, 4) is 5.75 Å². The second kappa shape index (κ2) is 6.65. The summed E-state index contributed by atoms with van der Waals surface area (Å²) < 4.78 is 0. The number of benzene rings is 1. The maximum absolute atomic E-state index is 10.7. The van der Waals surface area contributed by atoms with Gasteiger partial charge >= 0.3 is 0 Å². The summed E-state index contributed by atoms with van der Waals surface area (Å²) in [6, 6.07) is 6.30. The van der Waals surface area contributed by atoms with Crippen molar-refractivity contribution >= 4 is 0 Å². The molecule has 0 unspecified atom stereocenters. The van der Waals surface area contributed by atoms with E-state index < -0.39 is 0 Å². The van der Waals surface area contributed by atoms with E-state index in [4.69, 9.17) is 0 Å². The highest BCUT2D eigenvalue weighted by molar-refractivity contribution is 5.45. The molecule has 0 fully saturated rings. The Labute approximate surface area is 125 Å². The fraction of sp³-hybridized carbons (Fsp3) is 0.684. The number of hydrogen-bond acceptors (Lipinski definition) is 1. The molecule has 0 heterocycles. The van der Waals surface area contributed by atoms with Crippen LogP contribution in [0.5, 0.6) is 5.75 Å². The van der Waals surface area contributed by atoms with Gasteiger partial charge in [-0.05, 0) is 35.7 Å². The molecule has 1 aromatic carbocycles. The molecule has 0 aliphatic heterocycles. The van der Waals surface area contributed by atoms with Crippen LogP contribution >= 0.6 is 0 Å². The van der Waals surface area contributed by atoms with Crippen LogP contribution in [0, 0.1) is 5.41 Å². The monoisotopic (exact) mass is 276 g/mol. The summed E-state index contributed by atoms with van der Waals surface area (Å²) >= 11 is 0. The average molecular weight is 276 g/mol. The molecule has 1 heteroatoms. The first-order chi connectivity index (χ1) is 9.35. The Morgan fingerprint density at radius 1 is 0.900 bits per heavy atom. The third-order valence-electron chi connectivity index (χ3n) is 5.65. The van der Waals surface area contributed by atoms with Crippen molar-refractivity contribution in [2.75, 3.05) is 0 Å². The molecule has 0 radical (unpaired) electrons. The first kappa shape index (κ1) is 17.1. The Bertz CT molecular complexity index is 425. The number of aromatic hydroxyl groups is 1. The SMILES string of the molecule is CCC(C)(CC)Cc1cccc(C(C)(CC)CC)c1O. The maximum atomic E-state index is 10.7. The second-order valence-electron chi connectivity index (χ2n) is 6.78. The van der Waals surface area contributed by atoms with Crippen LogP contribution in [0.15, 0.2) is 18.2 Å². The largest absolute Gasteiger partial charge is 0.507 e. The van der Waals surface area contributed by atoms with Gasteiger partial charge in [-0.25, -0.2) is 0 Å². The molecule has 0 saturated carbocycles. The lowest BCUT2D eigenvalue weighted by molar-refractivity contribution is 0.290. The number of hydrogen-bond donors (Lipinski definition) is 1. The molecule has 1 nitrogen and oxygen atoms in total. The van der Waals surface area contributed by atoms with E-state index in [2.05, 4.69) is 59.7 Å². The lowest BCUT2D eigenvalue weighted by Gasteiger charge is -2.31. The molecule has 1 N–H and O–H groups in total. The summed E-state index contributed by atoms with van der Waals surface area (Å²) in [5.74, 6) is 0.534. The average Bonchev–Trinajstić information content (AvgIpc) is 2.48. The van der Waals surface area contributed by atoms with E-state index in [1.807, 2.05) is 0 Å². The van der Waals surface area contributed by atoms with Gasteiger partial charge in [0.05, 0.1) is 0 Å². The Morgan fingerprint density at radius 3 is 1.90 bits per heavy atom. The quantitative estimate of drug-likeness (QED) is 0.663. The van der Waals surface area contributed by atoms with E-state index in [1.165, 1.54) is 0 Å². The Hall–Kier alpha value is -0.980. The van der Waals surface area contributed by atoms with Crippen LogP contribution in [0.4, 0.5) is 0 Å². The molecule has 0 amide bonds. The Balaban J connectivity index is 3.20. The van der Waals surface area contributed by atoms with Gasteiger partial charge in [-0.1, -0.05) is 72.6 Å². The van der Waals surface area contributed by atoms with Crippen molar-refractivity contribution in [1.29, 1.82) is 0 Å². The number of para-hydroxylation sites is 1. The highest BCUT2D eigenvalue weighted by Gasteiger charge is 2.28. The van der Waals surface area contributed by atoms with E-state index in [-0.39, 0.29) is 10.8 Å². The van der Waals surface area contributed by atoms with Gasteiger partial charge in [-0.15, -0.1) is 0 Å². The number of rotatable bonds is 7. The maximum Gasteiger partial charge on any atom is 0.122 e. The van der Waals surface area contributed by atoms with E-state index >= 15 is 0 Å². The highest BCUT2D eigenvalue weighted by Crippen LogP contribution is 2.41. The van der Waals surface area contributed by atoms with Gasteiger partial charge in [-0.2, -0.15) is 0 Å². The van der Waals surface area contributed by atoms with E-state index in [0.717, 1.165) is 43.2 Å². The van der Waals surface area contributed by atoms with Gasteiger partial charge in [-0.3, -0.25) is 0 Å². The fourth-order valence-electron chi connectivity index (χ4n) is 2.81. The summed E-state index contributed by atoms with van der Waals surface area (Å²) in [4.78, 5) is 0. The molecular formula is C19H32O. The van der Waals surface area contributed by atoms with Crippen molar-refractivity contribution in [3.63, 3.8) is 0 Å². The molecule has 1 rings (SSSR count). The summed E-state index contributed by atoms with van der Waals surface area (Å²) in [6.45, 7) is 13.5. The minimum Gasteiger partial charge on any atom is -0.507 e. The third kappa shape index (κ3) is 3.37. The molecule has 0 saturated heterocycles. The van der Waals surface area contributed by atoms with Crippen LogP contribution in [-0.2, 0) is 11.8 Å². The van der Waals surface area contributed by atoms with Crippen LogP contribution in [0.25, 0.3) is 0 Å². The lowest BCUT2D eigenvalue weighted by Crippen LogP contribution is -2.21. The Morgan fingerprint density at radius 2 is 1.45 bits per heavy atom. The molecule has 0 aromatic heterocycles. The topological polar surface area (TPSA) is 20.2 Å². The van der Waals surface area contributed by atoms with Crippen LogP contribution in [0.3, 0.4) is 0 Å². The molecule has 1 aromatic rings. The molecule has 0 bridgehead atoms. The van der Waals surface area contributed by atoms with Crippen molar-refractivity contribution < 1.29 is 5.11 Å².